The molecule has 9 heteroatoms. The second-order valence-electron chi connectivity index (χ2n) is 9.40. The van der Waals surface area contributed by atoms with Crippen LogP contribution in [-0.4, -0.2) is 45.6 Å². The summed E-state index contributed by atoms with van der Waals surface area (Å²) in [6.07, 6.45) is -2.22. The number of esters is 1. The highest BCUT2D eigenvalue weighted by Gasteiger charge is 2.49. The predicted molar refractivity (Wildman–Crippen MR) is 132 cm³/mol. The molecule has 188 valence electrons. The van der Waals surface area contributed by atoms with Crippen LogP contribution in [-0.2, 0) is 23.9 Å². The van der Waals surface area contributed by atoms with Gasteiger partial charge in [-0.3, -0.25) is 9.59 Å². The number of amides is 1. The summed E-state index contributed by atoms with van der Waals surface area (Å²) >= 11 is 12.3. The van der Waals surface area contributed by atoms with E-state index in [2.05, 4.69) is 0 Å². The number of hydrogen-bond acceptors (Lipinski definition) is 5. The summed E-state index contributed by atoms with van der Waals surface area (Å²) in [6, 6.07) is 11.8. The maximum absolute atomic E-state index is 13.7. The Labute approximate surface area is 214 Å². The van der Waals surface area contributed by atoms with E-state index in [1.807, 2.05) is 0 Å². The monoisotopic (exact) mass is 521 g/mol. The minimum Gasteiger partial charge on any atom is -0.480 e. The Morgan fingerprint density at radius 2 is 1.74 bits per heavy atom. The lowest BCUT2D eigenvalue weighted by molar-refractivity contribution is -0.189. The van der Waals surface area contributed by atoms with Gasteiger partial charge >= 0.3 is 11.9 Å². The smallest absolute Gasteiger partial charge is 0.326 e. The summed E-state index contributed by atoms with van der Waals surface area (Å²) in [5, 5.41) is 11.0. The van der Waals surface area contributed by atoms with E-state index < -0.39 is 47.7 Å². The summed E-state index contributed by atoms with van der Waals surface area (Å²) in [5.74, 6) is -2.36. The first-order valence-corrected chi connectivity index (χ1v) is 12.1. The van der Waals surface area contributed by atoms with Gasteiger partial charge in [-0.2, -0.15) is 0 Å². The summed E-state index contributed by atoms with van der Waals surface area (Å²) in [6.45, 7) is 6.87. The Morgan fingerprint density at radius 1 is 1.09 bits per heavy atom. The molecule has 7 nitrogen and oxygen atoms in total. The van der Waals surface area contributed by atoms with Crippen molar-refractivity contribution in [3.8, 4) is 0 Å². The number of benzene rings is 2. The third-order valence-corrected chi connectivity index (χ3v) is 6.08. The van der Waals surface area contributed by atoms with Crippen LogP contribution in [0.1, 0.15) is 63.8 Å². The lowest BCUT2D eigenvalue weighted by Gasteiger charge is -2.47. The zero-order valence-corrected chi connectivity index (χ0v) is 21.5. The van der Waals surface area contributed by atoms with Crippen LogP contribution >= 0.6 is 23.2 Å². The quantitative estimate of drug-likeness (QED) is 0.476. The van der Waals surface area contributed by atoms with E-state index in [0.717, 1.165) is 0 Å². The highest BCUT2D eigenvalue weighted by atomic mass is 35.5. The van der Waals surface area contributed by atoms with Gasteiger partial charge in [0.2, 0.25) is 0 Å². The maximum atomic E-state index is 13.7. The normalized spacial score (nSPS) is 21.5. The van der Waals surface area contributed by atoms with Crippen LogP contribution in [0.15, 0.2) is 48.5 Å². The van der Waals surface area contributed by atoms with Gasteiger partial charge in [-0.1, -0.05) is 54.4 Å². The summed E-state index contributed by atoms with van der Waals surface area (Å²) < 4.78 is 11.7. The van der Waals surface area contributed by atoms with Gasteiger partial charge in [0.15, 0.2) is 0 Å². The van der Waals surface area contributed by atoms with E-state index in [1.165, 1.54) is 4.90 Å². The summed E-state index contributed by atoms with van der Waals surface area (Å²) in [7, 11) is 0. The molecule has 4 atom stereocenters. The maximum Gasteiger partial charge on any atom is 0.326 e. The number of carboxylic acid groups (broad SMARTS) is 1. The van der Waals surface area contributed by atoms with Crippen LogP contribution in [0.3, 0.4) is 0 Å². The lowest BCUT2D eigenvalue weighted by atomic mass is 9.89. The third-order valence-electron chi connectivity index (χ3n) is 5.60. The van der Waals surface area contributed by atoms with Crippen molar-refractivity contribution < 1.29 is 29.0 Å². The van der Waals surface area contributed by atoms with Crippen molar-refractivity contribution in [2.24, 2.45) is 0 Å². The molecule has 1 saturated heterocycles. The molecular weight excluding hydrogens is 493 g/mol. The van der Waals surface area contributed by atoms with Gasteiger partial charge < -0.3 is 19.5 Å². The Balaban J connectivity index is 2.13. The molecule has 1 heterocycles. The number of carboxylic acids is 1. The topological polar surface area (TPSA) is 93.1 Å². The number of halogens is 2. The van der Waals surface area contributed by atoms with Crippen molar-refractivity contribution in [3.63, 3.8) is 0 Å². The van der Waals surface area contributed by atoms with Crippen molar-refractivity contribution in [1.82, 2.24) is 4.90 Å². The van der Waals surface area contributed by atoms with Crippen molar-refractivity contribution in [2.75, 3.05) is 0 Å². The molecule has 1 aliphatic rings. The molecule has 0 aliphatic carbocycles. The average Bonchev–Trinajstić information content (AvgIpc) is 2.75. The second kappa shape index (κ2) is 11.0. The van der Waals surface area contributed by atoms with E-state index in [9.17, 15) is 19.5 Å². The average molecular weight is 522 g/mol. The van der Waals surface area contributed by atoms with Crippen LogP contribution in [0.2, 0.25) is 10.0 Å². The number of aliphatic carboxylic acids is 1. The molecule has 1 unspecified atom stereocenters. The van der Waals surface area contributed by atoms with E-state index in [0.29, 0.717) is 21.2 Å². The number of morpholine rings is 1. The van der Waals surface area contributed by atoms with Gasteiger partial charge in [0.25, 0.3) is 5.91 Å². The number of ether oxygens (including phenoxy) is 2. The number of carbonyl (C=O) groups excluding carboxylic acids is 2. The van der Waals surface area contributed by atoms with Gasteiger partial charge in [0.1, 0.15) is 23.9 Å². The first-order chi connectivity index (χ1) is 16.4. The predicted octanol–water partition coefficient (Wildman–Crippen LogP) is 5.60. The Morgan fingerprint density at radius 3 is 2.29 bits per heavy atom. The largest absolute Gasteiger partial charge is 0.480 e. The van der Waals surface area contributed by atoms with Crippen molar-refractivity contribution in [2.45, 2.75) is 70.4 Å². The standard InChI is InChI=1S/C26H29Cl2NO6/c1-5-19(25(32)33)29-22(15-9-11-17(27)12-10-15)23(16-7-6-8-18(28)13-16)34-20(24(29)31)14-21(30)35-26(2,3)4/h6-13,19-20,22-23H,5,14H2,1-4H3,(H,32,33)/t19-,20-,22+,23?/m0/s1. The number of nitrogens with zero attached hydrogens (tertiary/aromatic N) is 1. The van der Waals surface area contributed by atoms with Crippen LogP contribution in [0.4, 0.5) is 0 Å². The van der Waals surface area contributed by atoms with E-state index in [4.69, 9.17) is 32.7 Å². The lowest BCUT2D eigenvalue weighted by Crippen LogP contribution is -2.57. The molecule has 3 rings (SSSR count). The number of rotatable bonds is 7. The van der Waals surface area contributed by atoms with Crippen LogP contribution in [0.5, 0.6) is 0 Å². The van der Waals surface area contributed by atoms with E-state index in [1.54, 1.807) is 76.2 Å². The fourth-order valence-corrected chi connectivity index (χ4v) is 4.53. The molecule has 1 fully saturated rings. The minimum atomic E-state index is -1.23. The van der Waals surface area contributed by atoms with Crippen LogP contribution in [0.25, 0.3) is 0 Å². The van der Waals surface area contributed by atoms with Crippen molar-refractivity contribution in [3.05, 3.63) is 69.7 Å². The Hall–Kier alpha value is -2.61. The number of hydrogen-bond donors (Lipinski definition) is 1. The van der Waals surface area contributed by atoms with Gasteiger partial charge in [-0.05, 0) is 62.6 Å². The first kappa shape index (κ1) is 27.0. The molecule has 2 aromatic rings. The third kappa shape index (κ3) is 6.54. The molecule has 1 N–H and O–H groups in total. The molecular formula is C26H29Cl2NO6. The zero-order chi connectivity index (χ0) is 25.9. The summed E-state index contributed by atoms with van der Waals surface area (Å²) in [5.41, 5.74) is 0.534. The van der Waals surface area contributed by atoms with Gasteiger partial charge in [0, 0.05) is 10.0 Å². The zero-order valence-electron chi connectivity index (χ0n) is 20.0. The molecule has 1 amide bonds. The van der Waals surface area contributed by atoms with Gasteiger partial charge in [0.05, 0.1) is 12.5 Å². The second-order valence-corrected chi connectivity index (χ2v) is 10.3. The minimum absolute atomic E-state index is 0.159. The van der Waals surface area contributed by atoms with Gasteiger partial charge in [-0.25, -0.2) is 4.79 Å². The van der Waals surface area contributed by atoms with Crippen LogP contribution < -0.4 is 0 Å². The van der Waals surface area contributed by atoms with Crippen molar-refractivity contribution in [1.29, 1.82) is 0 Å². The molecule has 0 bridgehead atoms. The Kier molecular flexibility index (Phi) is 8.46. The van der Waals surface area contributed by atoms with Crippen LogP contribution in [0, 0.1) is 0 Å². The molecule has 0 radical (unpaired) electrons. The fourth-order valence-electron chi connectivity index (χ4n) is 4.21. The molecule has 1 aliphatic heterocycles. The highest BCUT2D eigenvalue weighted by Crippen LogP contribution is 2.44. The van der Waals surface area contributed by atoms with Gasteiger partial charge in [-0.15, -0.1) is 0 Å². The first-order valence-electron chi connectivity index (χ1n) is 11.3. The molecule has 0 saturated carbocycles. The number of carbonyl (C=O) groups is 3. The SMILES string of the molecule is CC[C@@H](C(=O)O)N1C(=O)[C@H](CC(=O)OC(C)(C)C)OC(c2cccc(Cl)c2)[C@H]1c1ccc(Cl)cc1. The molecule has 0 spiro atoms. The molecule has 2 aromatic carbocycles. The van der Waals surface area contributed by atoms with Crippen molar-refractivity contribution >= 4 is 41.0 Å². The van der Waals surface area contributed by atoms with E-state index in [-0.39, 0.29) is 12.8 Å². The van der Waals surface area contributed by atoms with E-state index >= 15 is 0 Å². The highest BCUT2D eigenvalue weighted by molar-refractivity contribution is 6.30. The molecule has 0 aromatic heterocycles. The summed E-state index contributed by atoms with van der Waals surface area (Å²) in [4.78, 5) is 39.9. The molecule has 35 heavy (non-hydrogen) atoms. The Bertz CT molecular complexity index is 1080. The fraction of sp³-hybridized carbons (Fsp3) is 0.423.